The van der Waals surface area contributed by atoms with Crippen molar-refractivity contribution in [2.75, 3.05) is 52.0 Å². The zero-order valence-corrected chi connectivity index (χ0v) is 40.9. The van der Waals surface area contributed by atoms with Crippen LogP contribution in [0.15, 0.2) is 60.7 Å². The summed E-state index contributed by atoms with van der Waals surface area (Å²) >= 11 is 0. The van der Waals surface area contributed by atoms with Crippen LogP contribution in [0, 0.1) is 17.3 Å². The summed E-state index contributed by atoms with van der Waals surface area (Å²) in [5, 5.41) is 5.49. The van der Waals surface area contributed by atoms with Crippen LogP contribution < -0.4 is 20.3 Å². The second-order valence-corrected chi connectivity index (χ2v) is 20.0. The van der Waals surface area contributed by atoms with E-state index in [0.29, 0.717) is 19.7 Å². The van der Waals surface area contributed by atoms with Gasteiger partial charge in [0.15, 0.2) is 0 Å². The van der Waals surface area contributed by atoms with E-state index in [1.807, 2.05) is 37.5 Å². The summed E-state index contributed by atoms with van der Waals surface area (Å²) in [4.78, 5) is 75.8. The van der Waals surface area contributed by atoms with Crippen LogP contribution in [0.1, 0.15) is 127 Å². The number of hydrogen-bond donors (Lipinski definition) is 4. The van der Waals surface area contributed by atoms with Gasteiger partial charge >= 0.3 is 12.2 Å². The molecule has 0 unspecified atom stereocenters. The number of aromatic nitrogens is 4. The molecule has 0 spiro atoms. The van der Waals surface area contributed by atoms with Crippen molar-refractivity contribution in [2.45, 2.75) is 116 Å². The van der Waals surface area contributed by atoms with Gasteiger partial charge in [0.2, 0.25) is 11.8 Å². The van der Waals surface area contributed by atoms with Crippen molar-refractivity contribution >= 4 is 51.8 Å². The SMILES string of the molecule is CCC1(COc2ccc(N3[C@@H](c4ccc5[nH]c([C@@H]6CCCN6C(=O)[C@@H](NC(=O)OC)C(C)C)nc5c4)CC[C@@H]3c3ccc4[nH]c([C@@H]5CCCN5C(=O)[C@@H](NC(=O)OC)C(C)C)nc4c3)cc2)COC1. The maximum atomic E-state index is 13.9. The molecule has 0 aliphatic carbocycles. The first-order valence-corrected chi connectivity index (χ1v) is 24.7. The first kappa shape index (κ1) is 47.7. The molecule has 6 heterocycles. The Morgan fingerprint density at radius 3 is 1.58 bits per heavy atom. The number of carbonyl (C=O) groups is 4. The van der Waals surface area contributed by atoms with Crippen LogP contribution in [0.25, 0.3) is 22.1 Å². The first-order chi connectivity index (χ1) is 33.3. The van der Waals surface area contributed by atoms with E-state index in [1.54, 1.807) is 0 Å². The van der Waals surface area contributed by atoms with Gasteiger partial charge in [-0.1, -0.05) is 46.8 Å². The van der Waals surface area contributed by atoms with Gasteiger partial charge in [-0.25, -0.2) is 19.6 Å². The maximum absolute atomic E-state index is 13.9. The van der Waals surface area contributed by atoms with E-state index in [2.05, 4.69) is 93.1 Å². The van der Waals surface area contributed by atoms with Crippen LogP contribution in [0.2, 0.25) is 0 Å². The van der Waals surface area contributed by atoms with Crippen molar-refractivity contribution in [1.82, 2.24) is 40.4 Å². The molecule has 3 aromatic carbocycles. The van der Waals surface area contributed by atoms with Crippen LogP contribution in [0.4, 0.5) is 15.3 Å². The summed E-state index contributed by atoms with van der Waals surface area (Å²) in [6, 6.07) is 19.4. The van der Waals surface area contributed by atoms with Gasteiger partial charge in [-0.2, -0.15) is 0 Å². The van der Waals surface area contributed by atoms with Gasteiger partial charge < -0.3 is 54.2 Å². The highest BCUT2D eigenvalue weighted by Crippen LogP contribution is 2.48. The predicted molar refractivity (Wildman–Crippen MR) is 261 cm³/mol. The molecule has 6 atom stereocenters. The van der Waals surface area contributed by atoms with Gasteiger partial charge in [-0.05, 0) is 116 Å². The van der Waals surface area contributed by atoms with E-state index in [-0.39, 0.29) is 53.2 Å². The van der Waals surface area contributed by atoms with Crippen molar-refractivity contribution in [3.05, 3.63) is 83.4 Å². The number of alkyl carbamates (subject to hydrolysis) is 2. The number of carbonyl (C=O) groups excluding carboxylic acids is 4. The number of nitrogens with one attached hydrogen (secondary N) is 4. The number of fused-ring (bicyclic) bond motifs is 2. The van der Waals surface area contributed by atoms with E-state index in [4.69, 9.17) is 28.9 Å². The lowest BCUT2D eigenvalue weighted by molar-refractivity contribution is -0.136. The molecular formula is C52H67N9O8. The molecule has 0 bridgehead atoms. The fraction of sp³-hybridized carbons (Fsp3) is 0.538. The quantitative estimate of drug-likeness (QED) is 0.0787. The lowest BCUT2D eigenvalue weighted by Gasteiger charge is -2.40. The number of H-pyrrole nitrogens is 2. The van der Waals surface area contributed by atoms with Crippen LogP contribution in [0.5, 0.6) is 5.75 Å². The minimum Gasteiger partial charge on any atom is -0.493 e. The number of nitrogens with zero attached hydrogens (tertiary/aromatic N) is 5. The van der Waals surface area contributed by atoms with Gasteiger partial charge in [0.1, 0.15) is 29.5 Å². The number of amides is 4. The van der Waals surface area contributed by atoms with Crippen molar-refractivity contribution in [3.8, 4) is 5.75 Å². The Hall–Kier alpha value is -6.36. The highest BCUT2D eigenvalue weighted by molar-refractivity contribution is 5.87. The van der Waals surface area contributed by atoms with Gasteiger partial charge in [0.25, 0.3) is 0 Å². The summed E-state index contributed by atoms with van der Waals surface area (Å²) in [6.07, 6.45) is 4.70. The van der Waals surface area contributed by atoms with Gasteiger partial charge in [-0.15, -0.1) is 0 Å². The lowest BCUT2D eigenvalue weighted by Crippen LogP contribution is -2.51. The molecule has 2 aromatic heterocycles. The van der Waals surface area contributed by atoms with Crippen molar-refractivity contribution in [2.24, 2.45) is 17.3 Å². The van der Waals surface area contributed by atoms with Crippen LogP contribution >= 0.6 is 0 Å². The average Bonchev–Trinajstić information content (AvgIpc) is 4.20. The maximum Gasteiger partial charge on any atom is 0.407 e. The minimum absolute atomic E-state index is 0.0126. The summed E-state index contributed by atoms with van der Waals surface area (Å²) in [5.41, 5.74) is 6.85. The summed E-state index contributed by atoms with van der Waals surface area (Å²) in [7, 11) is 2.60. The van der Waals surface area contributed by atoms with Gasteiger partial charge in [0.05, 0.1) is 85.7 Å². The number of methoxy groups -OCH3 is 2. The monoisotopic (exact) mass is 946 g/mol. The molecular weight excluding hydrogens is 879 g/mol. The zero-order chi connectivity index (χ0) is 48.6. The fourth-order valence-electron chi connectivity index (χ4n) is 10.8. The fourth-order valence-corrected chi connectivity index (χ4v) is 10.8. The molecule has 4 amide bonds. The summed E-state index contributed by atoms with van der Waals surface area (Å²) in [5.74, 6) is 1.74. The molecule has 17 nitrogen and oxygen atoms in total. The Bertz CT molecular complexity index is 2510. The molecule has 4 aliphatic heterocycles. The molecule has 0 radical (unpaired) electrons. The molecule has 5 aromatic rings. The summed E-state index contributed by atoms with van der Waals surface area (Å²) in [6.45, 7) is 13.0. The number of ether oxygens (including phenoxy) is 4. The zero-order valence-electron chi connectivity index (χ0n) is 40.9. The molecule has 17 heteroatoms. The van der Waals surface area contributed by atoms with Crippen LogP contribution in [-0.2, 0) is 23.8 Å². The van der Waals surface area contributed by atoms with Crippen LogP contribution in [0.3, 0.4) is 0 Å². The first-order valence-electron chi connectivity index (χ1n) is 24.7. The predicted octanol–water partition coefficient (Wildman–Crippen LogP) is 8.42. The number of benzene rings is 3. The van der Waals surface area contributed by atoms with E-state index in [1.165, 1.54) is 14.2 Å². The average molecular weight is 946 g/mol. The van der Waals surface area contributed by atoms with E-state index in [9.17, 15) is 19.2 Å². The molecule has 4 fully saturated rings. The molecule has 4 N–H and O–H groups in total. The highest BCUT2D eigenvalue weighted by Gasteiger charge is 2.41. The largest absolute Gasteiger partial charge is 0.493 e. The Labute approximate surface area is 403 Å². The summed E-state index contributed by atoms with van der Waals surface area (Å²) < 4.78 is 21.6. The number of likely N-dealkylation sites (tertiary alicyclic amines) is 2. The van der Waals surface area contributed by atoms with Crippen molar-refractivity contribution in [1.29, 1.82) is 0 Å². The van der Waals surface area contributed by atoms with E-state index >= 15 is 0 Å². The smallest absolute Gasteiger partial charge is 0.407 e. The molecule has 69 heavy (non-hydrogen) atoms. The molecule has 9 rings (SSSR count). The Morgan fingerprint density at radius 2 is 1.17 bits per heavy atom. The third kappa shape index (κ3) is 9.53. The van der Waals surface area contributed by atoms with Crippen molar-refractivity contribution in [3.63, 3.8) is 0 Å². The number of imidazole rings is 2. The van der Waals surface area contributed by atoms with Gasteiger partial charge in [0, 0.05) is 18.8 Å². The number of rotatable bonds is 15. The third-order valence-electron chi connectivity index (χ3n) is 14.9. The highest BCUT2D eigenvalue weighted by atomic mass is 16.5. The molecule has 368 valence electrons. The van der Waals surface area contributed by atoms with E-state index in [0.717, 1.165) is 114 Å². The number of anilines is 1. The Morgan fingerprint density at radius 1 is 0.696 bits per heavy atom. The van der Waals surface area contributed by atoms with E-state index < -0.39 is 24.3 Å². The second kappa shape index (κ2) is 19.9. The minimum atomic E-state index is -0.716. The Kier molecular flexibility index (Phi) is 13.8. The number of aromatic amines is 2. The number of hydrogen-bond acceptors (Lipinski definition) is 11. The van der Waals surface area contributed by atoms with Crippen molar-refractivity contribution < 1.29 is 38.1 Å². The third-order valence-corrected chi connectivity index (χ3v) is 14.9. The molecule has 0 saturated carbocycles. The topological polar surface area (TPSA) is 196 Å². The Balaban J connectivity index is 1.00. The second-order valence-electron chi connectivity index (χ2n) is 20.0. The van der Waals surface area contributed by atoms with Gasteiger partial charge in [-0.3, -0.25) is 9.59 Å². The van der Waals surface area contributed by atoms with Crippen LogP contribution in [-0.4, -0.2) is 113 Å². The molecule has 4 saturated heterocycles. The standard InChI is InChI=1S/C52H67N9O8/c1-8-52(27-68-28-52)29-69-35-17-15-34(16-18-35)61-40(32-13-19-36-38(25-32)55-46(53-36)42-11-9-23-59(42)48(62)44(30(2)3)57-50(64)66-6)21-22-41(61)33-14-20-37-39(26-33)56-47(54-37)43-12-10-24-60(43)49(63)45(31(4)5)58-51(65)67-7/h13-20,25-26,30-31,40-45H,8-12,21-24,27-29H2,1-7H3,(H,53,55)(H,54,56)(H,57,64)(H,58,65)/t40-,41-,42+,43+,44+,45+/m1/s1. The normalized spacial score (nSPS) is 22.0. The lowest BCUT2D eigenvalue weighted by atomic mass is 9.84. The molecule has 4 aliphatic rings.